The van der Waals surface area contributed by atoms with Crippen LogP contribution in [0.1, 0.15) is 18.5 Å². The van der Waals surface area contributed by atoms with E-state index in [1.807, 2.05) is 0 Å². The standard InChI is InChI=1S/C12H10FNO3/c1-6(15)9-10(14-12(17)11(9)16)7-3-2-4-8(13)5-7/h2-5,10,16H,1H3,(H,14,17)/t10-/m0/s1. The van der Waals surface area contributed by atoms with E-state index < -0.39 is 29.3 Å². The van der Waals surface area contributed by atoms with Crippen molar-refractivity contribution in [1.82, 2.24) is 5.32 Å². The molecule has 0 aromatic heterocycles. The van der Waals surface area contributed by atoms with Crippen LogP contribution in [-0.4, -0.2) is 16.8 Å². The highest BCUT2D eigenvalue weighted by Gasteiger charge is 2.35. The van der Waals surface area contributed by atoms with Gasteiger partial charge in [0.05, 0.1) is 11.6 Å². The Hall–Kier alpha value is -2.17. The molecule has 1 atom stereocenters. The fraction of sp³-hybridized carbons (Fsp3) is 0.167. The molecular formula is C12H10FNO3. The predicted octanol–water partition coefficient (Wildman–Crippen LogP) is 1.40. The third kappa shape index (κ3) is 1.91. The highest BCUT2D eigenvalue weighted by molar-refractivity contribution is 6.08. The summed E-state index contributed by atoms with van der Waals surface area (Å²) in [6.45, 7) is 1.25. The number of ketones is 1. The molecule has 0 saturated heterocycles. The number of nitrogens with one attached hydrogen (secondary N) is 1. The molecule has 5 heteroatoms. The Labute approximate surface area is 96.8 Å². The van der Waals surface area contributed by atoms with Crippen LogP contribution in [0.15, 0.2) is 35.6 Å². The SMILES string of the molecule is CC(=O)C1=C(O)C(=O)N[C@H]1c1cccc(F)c1. The highest BCUT2D eigenvalue weighted by Crippen LogP contribution is 2.29. The minimum atomic E-state index is -0.782. The number of halogens is 1. The van der Waals surface area contributed by atoms with Gasteiger partial charge in [0.15, 0.2) is 11.5 Å². The van der Waals surface area contributed by atoms with Gasteiger partial charge in [-0.2, -0.15) is 0 Å². The molecule has 17 heavy (non-hydrogen) atoms. The summed E-state index contributed by atoms with van der Waals surface area (Å²) in [6, 6.07) is 4.75. The number of amides is 1. The van der Waals surface area contributed by atoms with Gasteiger partial charge >= 0.3 is 0 Å². The Morgan fingerprint density at radius 1 is 1.47 bits per heavy atom. The Kier molecular flexibility index (Phi) is 2.67. The number of Topliss-reactive ketones (excluding diaryl/α,β-unsaturated/α-hetero) is 1. The van der Waals surface area contributed by atoms with Crippen molar-refractivity contribution in [1.29, 1.82) is 0 Å². The number of carbonyl (C=O) groups excluding carboxylic acids is 2. The summed E-state index contributed by atoms with van der Waals surface area (Å²) >= 11 is 0. The van der Waals surface area contributed by atoms with Crippen molar-refractivity contribution < 1.29 is 19.1 Å². The van der Waals surface area contributed by atoms with Crippen LogP contribution in [0.25, 0.3) is 0 Å². The Balaban J connectivity index is 2.47. The number of hydrogen-bond donors (Lipinski definition) is 2. The van der Waals surface area contributed by atoms with E-state index in [2.05, 4.69) is 5.32 Å². The van der Waals surface area contributed by atoms with Gasteiger partial charge in [0.2, 0.25) is 0 Å². The fourth-order valence-corrected chi connectivity index (χ4v) is 1.84. The molecule has 0 radical (unpaired) electrons. The molecule has 1 aromatic carbocycles. The molecule has 1 aliphatic rings. The number of carbonyl (C=O) groups is 2. The van der Waals surface area contributed by atoms with E-state index in [4.69, 9.17) is 0 Å². The van der Waals surface area contributed by atoms with Crippen molar-refractivity contribution in [3.05, 3.63) is 47.0 Å². The Morgan fingerprint density at radius 3 is 2.76 bits per heavy atom. The second-order valence-electron chi connectivity index (χ2n) is 3.78. The molecule has 0 saturated carbocycles. The number of aliphatic hydroxyl groups excluding tert-OH is 1. The molecule has 88 valence electrons. The molecule has 2 N–H and O–H groups in total. The normalized spacial score (nSPS) is 19.4. The van der Waals surface area contributed by atoms with Crippen molar-refractivity contribution >= 4 is 11.7 Å². The second-order valence-corrected chi connectivity index (χ2v) is 3.78. The minimum absolute atomic E-state index is 0.0272. The maximum Gasteiger partial charge on any atom is 0.287 e. The smallest absolute Gasteiger partial charge is 0.287 e. The van der Waals surface area contributed by atoms with E-state index in [9.17, 15) is 19.1 Å². The molecule has 0 spiro atoms. The molecule has 0 aliphatic carbocycles. The van der Waals surface area contributed by atoms with Gasteiger partial charge in [-0.05, 0) is 24.6 Å². The summed E-state index contributed by atoms with van der Waals surface area (Å²) in [7, 11) is 0. The zero-order chi connectivity index (χ0) is 12.6. The van der Waals surface area contributed by atoms with E-state index in [1.54, 1.807) is 6.07 Å². The highest BCUT2D eigenvalue weighted by atomic mass is 19.1. The monoisotopic (exact) mass is 235 g/mol. The average Bonchev–Trinajstić information content (AvgIpc) is 2.55. The fourth-order valence-electron chi connectivity index (χ4n) is 1.84. The summed E-state index contributed by atoms with van der Waals surface area (Å²) in [5.41, 5.74) is 0.396. The number of hydrogen-bond acceptors (Lipinski definition) is 3. The van der Waals surface area contributed by atoms with Crippen LogP contribution < -0.4 is 5.32 Å². The lowest BCUT2D eigenvalue weighted by atomic mass is 9.98. The molecule has 1 aliphatic heterocycles. The van der Waals surface area contributed by atoms with E-state index in [1.165, 1.54) is 25.1 Å². The maximum atomic E-state index is 13.1. The van der Waals surface area contributed by atoms with E-state index in [0.717, 1.165) is 0 Å². The largest absolute Gasteiger partial charge is 0.503 e. The number of benzene rings is 1. The van der Waals surface area contributed by atoms with Crippen molar-refractivity contribution in [2.24, 2.45) is 0 Å². The van der Waals surface area contributed by atoms with Crippen LogP contribution in [0.5, 0.6) is 0 Å². The second kappa shape index (κ2) is 4.01. The first-order valence-electron chi connectivity index (χ1n) is 5.01. The summed E-state index contributed by atoms with van der Waals surface area (Å²) in [5, 5.41) is 11.9. The summed E-state index contributed by atoms with van der Waals surface area (Å²) in [4.78, 5) is 22.7. The Bertz CT molecular complexity index is 536. The van der Waals surface area contributed by atoms with Crippen LogP contribution in [-0.2, 0) is 9.59 Å². The zero-order valence-electron chi connectivity index (χ0n) is 9.03. The van der Waals surface area contributed by atoms with Gasteiger partial charge in [0.1, 0.15) is 5.82 Å². The van der Waals surface area contributed by atoms with Crippen molar-refractivity contribution in [3.8, 4) is 0 Å². The van der Waals surface area contributed by atoms with Gasteiger partial charge in [-0.3, -0.25) is 9.59 Å². The van der Waals surface area contributed by atoms with Crippen LogP contribution in [0.4, 0.5) is 4.39 Å². The number of aliphatic hydroxyl groups is 1. The number of rotatable bonds is 2. The molecule has 1 aromatic rings. The molecule has 0 fully saturated rings. The van der Waals surface area contributed by atoms with Crippen LogP contribution in [0, 0.1) is 5.82 Å². The van der Waals surface area contributed by atoms with Crippen LogP contribution in [0.3, 0.4) is 0 Å². The van der Waals surface area contributed by atoms with E-state index in [-0.39, 0.29) is 5.57 Å². The van der Waals surface area contributed by atoms with Gasteiger partial charge < -0.3 is 10.4 Å². The van der Waals surface area contributed by atoms with Crippen molar-refractivity contribution in [2.75, 3.05) is 0 Å². The topological polar surface area (TPSA) is 66.4 Å². The first-order chi connectivity index (χ1) is 8.00. The van der Waals surface area contributed by atoms with E-state index in [0.29, 0.717) is 5.56 Å². The lowest BCUT2D eigenvalue weighted by Gasteiger charge is -2.13. The zero-order valence-corrected chi connectivity index (χ0v) is 9.03. The first kappa shape index (κ1) is 11.3. The molecule has 0 unspecified atom stereocenters. The van der Waals surface area contributed by atoms with E-state index >= 15 is 0 Å². The molecule has 4 nitrogen and oxygen atoms in total. The summed E-state index contributed by atoms with van der Waals surface area (Å²) < 4.78 is 13.1. The first-order valence-corrected chi connectivity index (χ1v) is 5.01. The van der Waals surface area contributed by atoms with Crippen molar-refractivity contribution in [3.63, 3.8) is 0 Å². The third-order valence-electron chi connectivity index (χ3n) is 2.60. The quantitative estimate of drug-likeness (QED) is 0.814. The summed E-state index contributed by atoms with van der Waals surface area (Å²) in [6.07, 6.45) is 0. The molecular weight excluding hydrogens is 225 g/mol. The molecule has 2 rings (SSSR count). The molecule has 1 amide bonds. The summed E-state index contributed by atoms with van der Waals surface area (Å²) in [5.74, 6) is -2.20. The maximum absolute atomic E-state index is 13.1. The lowest BCUT2D eigenvalue weighted by Crippen LogP contribution is -2.23. The minimum Gasteiger partial charge on any atom is -0.503 e. The van der Waals surface area contributed by atoms with Gasteiger partial charge in [0.25, 0.3) is 5.91 Å². The molecule has 1 heterocycles. The lowest BCUT2D eigenvalue weighted by molar-refractivity contribution is -0.119. The van der Waals surface area contributed by atoms with Gasteiger partial charge in [0, 0.05) is 0 Å². The predicted molar refractivity (Wildman–Crippen MR) is 57.6 cm³/mol. The van der Waals surface area contributed by atoms with Gasteiger partial charge in [-0.1, -0.05) is 12.1 Å². The van der Waals surface area contributed by atoms with Crippen LogP contribution in [0.2, 0.25) is 0 Å². The van der Waals surface area contributed by atoms with Gasteiger partial charge in [-0.25, -0.2) is 4.39 Å². The molecule has 0 bridgehead atoms. The van der Waals surface area contributed by atoms with Gasteiger partial charge in [-0.15, -0.1) is 0 Å². The average molecular weight is 235 g/mol. The van der Waals surface area contributed by atoms with Crippen LogP contribution >= 0.6 is 0 Å². The van der Waals surface area contributed by atoms with Crippen molar-refractivity contribution in [2.45, 2.75) is 13.0 Å². The Morgan fingerprint density at radius 2 is 2.18 bits per heavy atom. The third-order valence-corrected chi connectivity index (χ3v) is 2.60.